The second kappa shape index (κ2) is 18.6. The maximum Gasteiger partial charge on any atom is 0.333 e. The van der Waals surface area contributed by atoms with E-state index in [1.807, 2.05) is 0 Å². The van der Waals surface area contributed by atoms with E-state index in [9.17, 15) is 0 Å². The summed E-state index contributed by atoms with van der Waals surface area (Å²) in [5.41, 5.74) is 30.5. The lowest BCUT2D eigenvalue weighted by molar-refractivity contribution is 1.22. The van der Waals surface area contributed by atoms with Crippen molar-refractivity contribution in [1.82, 2.24) is 0 Å². The number of fused-ring (bicyclic) bond motifs is 14. The van der Waals surface area contributed by atoms with E-state index in [1.165, 1.54) is 116 Å². The van der Waals surface area contributed by atoms with Crippen LogP contribution in [0.2, 0.25) is 0 Å². The highest BCUT2D eigenvalue weighted by Crippen LogP contribution is 2.57. The first-order valence-electron chi connectivity index (χ1n) is 31.0. The molecule has 0 N–H and O–H groups in total. The van der Waals surface area contributed by atoms with Gasteiger partial charge in [0.1, 0.15) is 0 Å². The Labute approximate surface area is 517 Å². The van der Waals surface area contributed by atoms with Gasteiger partial charge in [-0.1, -0.05) is 200 Å². The third-order valence-electron chi connectivity index (χ3n) is 19.9. The Bertz CT molecular complexity index is 4970. The van der Waals surface area contributed by atoms with Gasteiger partial charge in [0.15, 0.2) is 0 Å². The third-order valence-corrected chi connectivity index (χ3v) is 19.9. The van der Waals surface area contributed by atoms with Gasteiger partial charge in [-0.15, -0.1) is 0 Å². The van der Waals surface area contributed by atoms with E-state index in [0.29, 0.717) is 0 Å². The fraction of sp³-hybridized carbons (Fsp3) is 0. The first-order chi connectivity index (χ1) is 44.2. The molecular formula is C80H51B3N6. The van der Waals surface area contributed by atoms with Gasteiger partial charge in [-0.25, -0.2) is 0 Å². The number of hydrogen-bond donors (Lipinski definition) is 0. The molecule has 6 heterocycles. The summed E-state index contributed by atoms with van der Waals surface area (Å²) >= 11 is 0. The molecule has 0 bridgehead atoms. The molecule has 20 rings (SSSR count). The average Bonchev–Trinajstić information content (AvgIpc) is 0.659. The minimum atomic E-state index is -0.168. The topological polar surface area (TPSA) is 19.4 Å². The van der Waals surface area contributed by atoms with Crippen LogP contribution in [-0.4, -0.2) is 20.4 Å². The molecule has 0 atom stereocenters. The fourth-order valence-corrected chi connectivity index (χ4v) is 16.5. The van der Waals surface area contributed by atoms with Crippen molar-refractivity contribution in [2.75, 3.05) is 29.2 Å². The summed E-state index contributed by atoms with van der Waals surface area (Å²) in [4.78, 5) is 15.7. The van der Waals surface area contributed by atoms with Crippen molar-refractivity contribution in [1.29, 1.82) is 0 Å². The molecule has 0 aromatic heterocycles. The van der Waals surface area contributed by atoms with Crippen LogP contribution in [0.3, 0.4) is 0 Å². The van der Waals surface area contributed by atoms with Crippen molar-refractivity contribution in [2.45, 2.75) is 0 Å². The quantitative estimate of drug-likeness (QED) is 0.140. The van der Waals surface area contributed by atoms with Crippen molar-refractivity contribution < 1.29 is 0 Å². The molecule has 6 aliphatic heterocycles. The van der Waals surface area contributed by atoms with Crippen molar-refractivity contribution in [3.05, 3.63) is 309 Å². The Balaban J connectivity index is 0.941. The second-order valence-electron chi connectivity index (χ2n) is 24.2. The summed E-state index contributed by atoms with van der Waals surface area (Å²) in [7, 11) is 0. The van der Waals surface area contributed by atoms with Gasteiger partial charge in [-0.2, -0.15) is 0 Å². The molecule has 0 radical (unpaired) electrons. The molecular weight excluding hydrogens is 1080 g/mol. The van der Waals surface area contributed by atoms with Crippen LogP contribution < -0.4 is 67.5 Å². The Morgan fingerprint density at radius 1 is 0.258 bits per heavy atom. The summed E-state index contributed by atoms with van der Waals surface area (Å²) in [5.74, 6) is 0. The summed E-state index contributed by atoms with van der Waals surface area (Å²) in [6.45, 7) is -0.502. The highest BCUT2D eigenvalue weighted by molar-refractivity contribution is 7.05. The van der Waals surface area contributed by atoms with Crippen LogP contribution in [0.1, 0.15) is 0 Å². The predicted molar refractivity (Wildman–Crippen MR) is 377 cm³/mol. The highest BCUT2D eigenvalue weighted by Gasteiger charge is 2.59. The van der Waals surface area contributed by atoms with Crippen LogP contribution in [-0.2, 0) is 0 Å². The monoisotopic (exact) mass is 1130 g/mol. The zero-order chi connectivity index (χ0) is 58.0. The smallest absolute Gasteiger partial charge is 0.333 e. The standard InChI is InChI=1S/C80H51B3N6/c1-5-28-54(29-6-1)84(66-42-21-26-52-24-13-15-36-60(52)66)58-46-48-62-72(50-58)86-68-40-19-17-38-64(68)82-76-75-74-70(88(82)56-32-9-3-10-33-56)44-23-45-71(74)89(57-34-11-4-12-35-57)83-65-39-18-20-41-69(65)87-73-51-59(47-49-63(73)81(62)78(79(76)86)80(87)77(75)83)85(55-30-7-2-8-31-55)67-43-22-27-53-25-14-16-37-61(53)67/h1-51H. The molecule has 0 saturated heterocycles. The third kappa shape index (κ3) is 6.68. The predicted octanol–water partition coefficient (Wildman–Crippen LogP) is 15.8. The first-order valence-corrected chi connectivity index (χ1v) is 31.0. The largest absolute Gasteiger partial charge is 0.376 e. The Kier molecular flexibility index (Phi) is 10.2. The van der Waals surface area contributed by atoms with E-state index in [1.54, 1.807) is 0 Å². The minimum absolute atomic E-state index is 0.167. The Morgan fingerprint density at radius 3 is 1.11 bits per heavy atom. The summed E-state index contributed by atoms with van der Waals surface area (Å²) < 4.78 is 0. The Hall–Kier alpha value is -11.4. The van der Waals surface area contributed by atoms with Crippen LogP contribution in [0.5, 0.6) is 0 Å². The summed E-state index contributed by atoms with van der Waals surface area (Å²) in [6.07, 6.45) is 0. The zero-order valence-electron chi connectivity index (χ0n) is 48.4. The van der Waals surface area contributed by atoms with Crippen LogP contribution in [0.4, 0.5) is 91.0 Å². The molecule has 14 aromatic carbocycles. The molecule has 0 aliphatic carbocycles. The second-order valence-corrected chi connectivity index (χ2v) is 24.2. The average molecular weight is 1130 g/mol. The number of rotatable bonds is 8. The molecule has 0 spiro atoms. The number of benzene rings is 14. The van der Waals surface area contributed by atoms with E-state index in [4.69, 9.17) is 0 Å². The lowest BCUT2D eigenvalue weighted by Crippen LogP contribution is -2.74. The molecule has 0 unspecified atom stereocenters. The van der Waals surface area contributed by atoms with E-state index in [-0.39, 0.29) is 20.4 Å². The molecule has 6 aliphatic rings. The normalized spacial score (nSPS) is 13.7. The van der Waals surface area contributed by atoms with Gasteiger partial charge in [-0.3, -0.25) is 0 Å². The lowest BCUT2D eigenvalue weighted by Gasteiger charge is -2.56. The number of nitrogens with zero attached hydrogens (tertiary/aromatic N) is 6. The fourth-order valence-electron chi connectivity index (χ4n) is 16.5. The molecule has 6 nitrogen and oxygen atoms in total. The molecule has 0 saturated carbocycles. The van der Waals surface area contributed by atoms with E-state index >= 15 is 0 Å². The number of para-hydroxylation sites is 6. The zero-order valence-corrected chi connectivity index (χ0v) is 48.4. The van der Waals surface area contributed by atoms with Gasteiger partial charge in [0.25, 0.3) is 6.71 Å². The summed E-state index contributed by atoms with van der Waals surface area (Å²) in [5, 5.41) is 4.80. The Morgan fingerprint density at radius 2 is 0.640 bits per heavy atom. The highest BCUT2D eigenvalue weighted by atomic mass is 15.2. The van der Waals surface area contributed by atoms with Gasteiger partial charge in [0, 0.05) is 96.0 Å². The van der Waals surface area contributed by atoms with Gasteiger partial charge in [-0.05, 0) is 164 Å². The number of hydrogen-bond acceptors (Lipinski definition) is 6. The molecule has 89 heavy (non-hydrogen) atoms. The van der Waals surface area contributed by atoms with Crippen LogP contribution in [0, 0.1) is 0 Å². The van der Waals surface area contributed by atoms with Crippen molar-refractivity contribution in [3.8, 4) is 11.1 Å². The SMILES string of the molecule is c1ccc(N2B3c4ccccc4N4c5cc(N(c6ccccc6)c6cccc7ccccc67)ccc5B5c6ccc(N(c7ccccc7)c7cccc8ccccc78)cc6N6c7ccccc7B7c8c(c3c4c5c86)-c3c2cccc3N7c2ccccc2)cc1. The van der Waals surface area contributed by atoms with Gasteiger partial charge in [0.2, 0.25) is 0 Å². The molecule has 9 heteroatoms. The molecule has 0 amide bonds. The van der Waals surface area contributed by atoms with E-state index in [2.05, 4.69) is 339 Å². The minimum Gasteiger partial charge on any atom is -0.376 e. The molecule has 14 aromatic rings. The van der Waals surface area contributed by atoms with Gasteiger partial charge >= 0.3 is 13.7 Å². The van der Waals surface area contributed by atoms with Crippen LogP contribution in [0.25, 0.3) is 32.7 Å². The van der Waals surface area contributed by atoms with Crippen molar-refractivity contribution >= 4 is 171 Å². The maximum atomic E-state index is 2.71. The van der Waals surface area contributed by atoms with Crippen molar-refractivity contribution in [3.63, 3.8) is 0 Å². The molecule has 0 fully saturated rings. The summed E-state index contributed by atoms with van der Waals surface area (Å²) in [6, 6.07) is 116. The lowest BCUT2D eigenvalue weighted by atomic mass is 9.28. The first kappa shape index (κ1) is 48.8. The number of anilines is 16. The van der Waals surface area contributed by atoms with Crippen molar-refractivity contribution in [2.24, 2.45) is 0 Å². The van der Waals surface area contributed by atoms with Gasteiger partial charge < -0.3 is 29.2 Å². The maximum absolute atomic E-state index is 2.71. The van der Waals surface area contributed by atoms with Crippen LogP contribution >= 0.6 is 0 Å². The molecule has 410 valence electrons. The van der Waals surface area contributed by atoms with E-state index < -0.39 is 0 Å². The van der Waals surface area contributed by atoms with Gasteiger partial charge in [0.05, 0.1) is 11.4 Å². The van der Waals surface area contributed by atoms with Crippen LogP contribution in [0.15, 0.2) is 309 Å². The van der Waals surface area contributed by atoms with E-state index in [0.717, 1.165) is 45.5 Å².